The Bertz CT molecular complexity index is 1100. The first-order valence-electron chi connectivity index (χ1n) is 7.11. The summed E-state index contributed by atoms with van der Waals surface area (Å²) >= 11 is 4.67. The number of nitrogen functional groups attached to an aromatic ring is 1. The van der Waals surface area contributed by atoms with Crippen molar-refractivity contribution in [3.63, 3.8) is 0 Å². The van der Waals surface area contributed by atoms with Crippen molar-refractivity contribution in [2.75, 3.05) is 12.0 Å². The number of hydrogen-bond acceptors (Lipinski definition) is 6. The molecular weight excluding hydrogens is 414 g/mol. The summed E-state index contributed by atoms with van der Waals surface area (Å²) in [5.74, 6) is -2.96. The van der Waals surface area contributed by atoms with E-state index in [4.69, 9.17) is 11.5 Å². The third-order valence-corrected chi connectivity index (χ3v) is 4.88. The average molecular weight is 427 g/mol. The normalized spacial score (nSPS) is 12.4. The zero-order valence-corrected chi connectivity index (χ0v) is 15.5. The molecule has 8 nitrogen and oxygen atoms in total. The highest BCUT2D eigenvalue weighted by molar-refractivity contribution is 7.91. The van der Waals surface area contributed by atoms with E-state index in [9.17, 15) is 30.8 Å². The molecule has 0 amide bonds. The second-order valence-electron chi connectivity index (χ2n) is 5.39. The molecule has 0 atom stereocenters. The first kappa shape index (κ1) is 20.8. The molecule has 0 saturated carbocycles. The summed E-state index contributed by atoms with van der Waals surface area (Å²) in [6.07, 6.45) is -4.26. The van der Waals surface area contributed by atoms with Gasteiger partial charge in [-0.25, -0.2) is 17.6 Å². The van der Waals surface area contributed by atoms with Crippen LogP contribution in [0.1, 0.15) is 18.3 Å². The predicted molar refractivity (Wildman–Crippen MR) is 91.9 cm³/mol. The number of halogens is 4. The van der Waals surface area contributed by atoms with Crippen molar-refractivity contribution >= 4 is 32.7 Å². The van der Waals surface area contributed by atoms with Crippen LogP contribution < -0.4 is 17.2 Å². The molecule has 0 aliphatic rings. The summed E-state index contributed by atoms with van der Waals surface area (Å²) in [5, 5.41) is 3.11. The third-order valence-electron chi connectivity index (χ3n) is 3.55. The molecule has 2 aromatic rings. The van der Waals surface area contributed by atoms with E-state index in [0.29, 0.717) is 6.07 Å². The van der Waals surface area contributed by atoms with Crippen LogP contribution in [0.25, 0.3) is 5.69 Å². The van der Waals surface area contributed by atoms with Gasteiger partial charge in [0, 0.05) is 12.8 Å². The monoisotopic (exact) mass is 427 g/mol. The minimum Gasteiger partial charge on any atom is -0.396 e. The average Bonchev–Trinajstić information content (AvgIpc) is 2.84. The number of anilines is 1. The summed E-state index contributed by atoms with van der Waals surface area (Å²) in [6.45, 7) is 0.847. The Morgan fingerprint density at radius 2 is 1.93 bits per heavy atom. The van der Waals surface area contributed by atoms with Crippen LogP contribution in [-0.2, 0) is 22.6 Å². The highest BCUT2D eigenvalue weighted by atomic mass is 32.2. The minimum absolute atomic E-state index is 0.0933. The van der Waals surface area contributed by atoms with Gasteiger partial charge in [0.05, 0.1) is 16.1 Å². The molecule has 2 rings (SSSR count). The van der Waals surface area contributed by atoms with Gasteiger partial charge < -0.3 is 11.5 Å². The molecule has 0 aliphatic heterocycles. The smallest absolute Gasteiger partial charge is 0.396 e. The van der Waals surface area contributed by atoms with Gasteiger partial charge in [0.15, 0.2) is 15.7 Å². The maximum absolute atomic E-state index is 14.7. The molecule has 0 unspecified atom stereocenters. The first-order valence-corrected chi connectivity index (χ1v) is 9.41. The van der Waals surface area contributed by atoms with Gasteiger partial charge in [-0.2, -0.15) is 17.9 Å². The van der Waals surface area contributed by atoms with E-state index in [2.05, 4.69) is 17.3 Å². The quantitative estimate of drug-likeness (QED) is 0.320. The van der Waals surface area contributed by atoms with Gasteiger partial charge in [-0.05, 0) is 13.0 Å². The standard InChI is InChI=1S/C13H13F4N5O3S2/c1-3-21-11(13(15,16)17)20-22(12(21)23)5-4-6(27(2,24)25)7(10(19)26)9(18)8(5)14/h4H,3,18H2,1-2H3,(H2,19,26). The van der Waals surface area contributed by atoms with Crippen molar-refractivity contribution in [2.24, 2.45) is 5.73 Å². The number of thiocarbonyl (C=S) groups is 1. The van der Waals surface area contributed by atoms with Gasteiger partial charge in [-0.3, -0.25) is 4.57 Å². The fraction of sp³-hybridized carbons (Fsp3) is 0.308. The van der Waals surface area contributed by atoms with Gasteiger partial charge in [-0.1, -0.05) is 12.2 Å². The van der Waals surface area contributed by atoms with Gasteiger partial charge in [-0.15, -0.1) is 5.10 Å². The number of rotatable bonds is 4. The lowest BCUT2D eigenvalue weighted by molar-refractivity contribution is -0.147. The number of hydrogen-bond donors (Lipinski definition) is 2. The topological polar surface area (TPSA) is 126 Å². The van der Waals surface area contributed by atoms with Crippen LogP contribution in [0.5, 0.6) is 0 Å². The van der Waals surface area contributed by atoms with Crippen LogP contribution in [-0.4, -0.2) is 34.0 Å². The summed E-state index contributed by atoms with van der Waals surface area (Å²) in [6, 6.07) is 0.615. The number of nitrogens with zero attached hydrogens (tertiary/aromatic N) is 3. The highest BCUT2D eigenvalue weighted by Gasteiger charge is 2.39. The summed E-state index contributed by atoms with van der Waals surface area (Å²) in [7, 11) is -4.08. The van der Waals surface area contributed by atoms with Crippen molar-refractivity contribution in [2.45, 2.75) is 24.5 Å². The third kappa shape index (κ3) is 3.53. The zero-order chi connectivity index (χ0) is 20.9. The number of sulfone groups is 1. The first-order chi connectivity index (χ1) is 12.2. The molecule has 27 heavy (non-hydrogen) atoms. The molecule has 0 fully saturated rings. The number of benzene rings is 1. The van der Waals surface area contributed by atoms with Crippen LogP contribution in [0, 0.1) is 5.82 Å². The van der Waals surface area contributed by atoms with E-state index >= 15 is 0 Å². The van der Waals surface area contributed by atoms with Crippen molar-refractivity contribution in [1.29, 1.82) is 0 Å². The molecule has 1 heterocycles. The summed E-state index contributed by atoms with van der Waals surface area (Å²) in [5.41, 5.74) is 7.40. The van der Waals surface area contributed by atoms with E-state index in [1.54, 1.807) is 0 Å². The number of alkyl halides is 3. The Balaban J connectivity index is 2.98. The molecule has 0 aliphatic carbocycles. The van der Waals surface area contributed by atoms with Crippen molar-refractivity contribution < 1.29 is 26.0 Å². The Labute approximate surface area is 155 Å². The summed E-state index contributed by atoms with van der Waals surface area (Å²) < 4.78 is 78.2. The van der Waals surface area contributed by atoms with E-state index in [1.165, 1.54) is 6.92 Å². The lowest BCUT2D eigenvalue weighted by atomic mass is 10.1. The highest BCUT2D eigenvalue weighted by Crippen LogP contribution is 2.31. The SMILES string of the molecule is CCn1c(C(F)(F)F)nn(-c2cc(S(C)(=O)=O)c(C(N)=S)c(N)c2F)c1=O. The molecular formula is C13H13F4N5O3S2. The maximum atomic E-state index is 14.7. The maximum Gasteiger partial charge on any atom is 0.451 e. The molecule has 0 spiro atoms. The van der Waals surface area contributed by atoms with Gasteiger partial charge in [0.1, 0.15) is 10.7 Å². The van der Waals surface area contributed by atoms with Crippen molar-refractivity contribution in [3.8, 4) is 5.69 Å². The lowest BCUT2D eigenvalue weighted by Crippen LogP contribution is -2.27. The lowest BCUT2D eigenvalue weighted by Gasteiger charge is -2.14. The molecule has 0 saturated heterocycles. The van der Waals surface area contributed by atoms with E-state index in [-0.39, 0.29) is 9.25 Å². The van der Waals surface area contributed by atoms with Crippen LogP contribution in [0.4, 0.5) is 23.2 Å². The van der Waals surface area contributed by atoms with Crippen molar-refractivity contribution in [1.82, 2.24) is 14.3 Å². The Morgan fingerprint density at radius 3 is 2.30 bits per heavy atom. The molecule has 0 bridgehead atoms. The van der Waals surface area contributed by atoms with E-state index in [1.807, 2.05) is 0 Å². The second-order valence-corrected chi connectivity index (χ2v) is 7.82. The Hall–Kier alpha value is -2.48. The fourth-order valence-electron chi connectivity index (χ4n) is 2.39. The Kier molecular flexibility index (Phi) is 5.09. The predicted octanol–water partition coefficient (Wildman–Crippen LogP) is 0.832. The molecule has 1 aromatic heterocycles. The molecule has 0 radical (unpaired) electrons. The summed E-state index contributed by atoms with van der Waals surface area (Å²) in [4.78, 5) is 11.1. The molecule has 4 N–H and O–H groups in total. The number of aromatic nitrogens is 3. The van der Waals surface area contributed by atoms with Crippen LogP contribution >= 0.6 is 12.2 Å². The molecule has 1 aromatic carbocycles. The molecule has 14 heteroatoms. The van der Waals surface area contributed by atoms with Crippen LogP contribution in [0.2, 0.25) is 0 Å². The van der Waals surface area contributed by atoms with Crippen molar-refractivity contribution in [3.05, 3.63) is 33.8 Å². The second kappa shape index (κ2) is 6.60. The zero-order valence-electron chi connectivity index (χ0n) is 13.8. The number of nitrogens with two attached hydrogens (primary N) is 2. The minimum atomic E-state index is -5.00. The fourth-order valence-corrected chi connectivity index (χ4v) is 3.59. The van der Waals surface area contributed by atoms with Crippen LogP contribution in [0.3, 0.4) is 0 Å². The van der Waals surface area contributed by atoms with Gasteiger partial charge >= 0.3 is 11.9 Å². The van der Waals surface area contributed by atoms with Gasteiger partial charge in [0.25, 0.3) is 0 Å². The van der Waals surface area contributed by atoms with E-state index < -0.39 is 66.7 Å². The van der Waals surface area contributed by atoms with Gasteiger partial charge in [0.2, 0.25) is 5.82 Å². The largest absolute Gasteiger partial charge is 0.451 e. The van der Waals surface area contributed by atoms with E-state index in [0.717, 1.165) is 6.26 Å². The van der Waals surface area contributed by atoms with Crippen LogP contribution in [0.15, 0.2) is 15.8 Å². The Morgan fingerprint density at radius 1 is 1.37 bits per heavy atom. The molecule has 148 valence electrons.